The van der Waals surface area contributed by atoms with Crippen LogP contribution >= 0.6 is 11.6 Å². The number of ketones is 1. The Morgan fingerprint density at radius 1 is 1.11 bits per heavy atom. The molecule has 0 heterocycles. The summed E-state index contributed by atoms with van der Waals surface area (Å²) in [6, 6.07) is 9.67. The van der Waals surface area contributed by atoms with Crippen molar-refractivity contribution in [1.29, 1.82) is 0 Å². The first-order chi connectivity index (χ1) is 13.4. The lowest BCUT2D eigenvalue weighted by atomic mass is 10.0. The standard InChI is InChI=1S/C20H21ClN2O5/c1-3-28-20(26)17(18(24)12-6-8-15(21)9-7-12)23-11-14-5-4-13(10-16(14)22)19(25)27-2/h4-10,17,23H,3,11,22H2,1-2H3. The zero-order valence-electron chi connectivity index (χ0n) is 15.5. The lowest BCUT2D eigenvalue weighted by molar-refractivity contribution is -0.144. The molecule has 0 spiro atoms. The highest BCUT2D eigenvalue weighted by Gasteiger charge is 2.28. The van der Waals surface area contributed by atoms with Crippen LogP contribution in [0.3, 0.4) is 0 Å². The van der Waals surface area contributed by atoms with Crippen LogP contribution in [0.1, 0.15) is 33.2 Å². The van der Waals surface area contributed by atoms with Crippen molar-refractivity contribution in [3.05, 3.63) is 64.2 Å². The zero-order valence-corrected chi connectivity index (χ0v) is 16.3. The van der Waals surface area contributed by atoms with Gasteiger partial charge in [0.05, 0.1) is 19.3 Å². The maximum atomic E-state index is 12.8. The first-order valence-corrected chi connectivity index (χ1v) is 8.91. The maximum absolute atomic E-state index is 12.8. The number of carbonyl (C=O) groups is 3. The van der Waals surface area contributed by atoms with Gasteiger partial charge in [-0.15, -0.1) is 0 Å². The number of anilines is 1. The lowest BCUT2D eigenvalue weighted by Crippen LogP contribution is -2.44. The van der Waals surface area contributed by atoms with Crippen molar-refractivity contribution in [2.45, 2.75) is 19.5 Å². The summed E-state index contributed by atoms with van der Waals surface area (Å²) in [6.07, 6.45) is 0. The monoisotopic (exact) mass is 404 g/mol. The van der Waals surface area contributed by atoms with Gasteiger partial charge < -0.3 is 15.2 Å². The summed E-state index contributed by atoms with van der Waals surface area (Å²) in [6.45, 7) is 1.92. The SMILES string of the molecule is CCOC(=O)C(NCc1ccc(C(=O)OC)cc1N)C(=O)c1ccc(Cl)cc1. The summed E-state index contributed by atoms with van der Waals surface area (Å²) in [5.41, 5.74) is 7.55. The van der Waals surface area contributed by atoms with Gasteiger partial charge >= 0.3 is 11.9 Å². The Labute approximate surface area is 167 Å². The van der Waals surface area contributed by atoms with Crippen molar-refractivity contribution >= 4 is 35.0 Å². The molecule has 0 aliphatic carbocycles. The number of Topliss-reactive ketones (excluding diaryl/α,β-unsaturated/α-hetero) is 1. The highest BCUT2D eigenvalue weighted by atomic mass is 35.5. The molecule has 3 N–H and O–H groups in total. The second-order valence-electron chi connectivity index (χ2n) is 5.84. The average molecular weight is 405 g/mol. The topological polar surface area (TPSA) is 108 Å². The van der Waals surface area contributed by atoms with Gasteiger partial charge in [0.15, 0.2) is 11.8 Å². The van der Waals surface area contributed by atoms with E-state index < -0.39 is 23.8 Å². The van der Waals surface area contributed by atoms with Gasteiger partial charge in [0, 0.05) is 22.8 Å². The molecule has 0 fully saturated rings. The molecule has 0 radical (unpaired) electrons. The van der Waals surface area contributed by atoms with Gasteiger partial charge in [-0.25, -0.2) is 9.59 Å². The average Bonchev–Trinajstić information content (AvgIpc) is 2.69. The van der Waals surface area contributed by atoms with Crippen LogP contribution in [-0.4, -0.2) is 37.5 Å². The Morgan fingerprint density at radius 2 is 1.75 bits per heavy atom. The minimum Gasteiger partial charge on any atom is -0.465 e. The molecule has 1 atom stereocenters. The molecular weight excluding hydrogens is 384 g/mol. The van der Waals surface area contributed by atoms with E-state index in [1.807, 2.05) is 0 Å². The number of rotatable bonds is 8. The van der Waals surface area contributed by atoms with Crippen LogP contribution in [0.25, 0.3) is 0 Å². The quantitative estimate of drug-likeness (QED) is 0.301. The fourth-order valence-electron chi connectivity index (χ4n) is 2.50. The van der Waals surface area contributed by atoms with E-state index in [0.29, 0.717) is 27.4 Å². The lowest BCUT2D eigenvalue weighted by Gasteiger charge is -2.17. The van der Waals surface area contributed by atoms with Crippen molar-refractivity contribution in [3.8, 4) is 0 Å². The molecule has 2 aromatic carbocycles. The zero-order chi connectivity index (χ0) is 20.7. The number of carbonyl (C=O) groups excluding carboxylic acids is 3. The van der Waals surface area contributed by atoms with E-state index in [1.165, 1.54) is 25.3 Å². The first-order valence-electron chi connectivity index (χ1n) is 8.53. The van der Waals surface area contributed by atoms with E-state index in [4.69, 9.17) is 22.1 Å². The van der Waals surface area contributed by atoms with Gasteiger partial charge in [-0.05, 0) is 48.9 Å². The van der Waals surface area contributed by atoms with Crippen LogP contribution in [0.5, 0.6) is 0 Å². The molecule has 0 bridgehead atoms. The Hall–Kier alpha value is -2.90. The van der Waals surface area contributed by atoms with Gasteiger partial charge in [0.2, 0.25) is 0 Å². The number of nitrogens with two attached hydrogens (primary N) is 1. The van der Waals surface area contributed by atoms with Crippen molar-refractivity contribution in [2.24, 2.45) is 0 Å². The van der Waals surface area contributed by atoms with Gasteiger partial charge in [-0.2, -0.15) is 0 Å². The molecule has 8 heteroatoms. The molecule has 28 heavy (non-hydrogen) atoms. The minimum atomic E-state index is -1.21. The Bertz CT molecular complexity index is 867. The summed E-state index contributed by atoms with van der Waals surface area (Å²) < 4.78 is 9.66. The molecule has 2 rings (SSSR count). The molecule has 1 unspecified atom stereocenters. The third-order valence-electron chi connectivity index (χ3n) is 3.98. The second-order valence-corrected chi connectivity index (χ2v) is 6.28. The van der Waals surface area contributed by atoms with Crippen molar-refractivity contribution < 1.29 is 23.9 Å². The van der Waals surface area contributed by atoms with Crippen molar-refractivity contribution in [1.82, 2.24) is 5.32 Å². The van der Waals surface area contributed by atoms with Crippen molar-refractivity contribution in [3.63, 3.8) is 0 Å². The van der Waals surface area contributed by atoms with Crippen LogP contribution in [0.4, 0.5) is 5.69 Å². The molecule has 0 amide bonds. The number of halogens is 1. The highest BCUT2D eigenvalue weighted by Crippen LogP contribution is 2.16. The smallest absolute Gasteiger partial charge is 0.337 e. The van der Waals surface area contributed by atoms with E-state index in [-0.39, 0.29) is 13.2 Å². The number of nitrogens with one attached hydrogen (secondary N) is 1. The predicted octanol–water partition coefficient (Wildman–Crippen LogP) is 2.61. The third kappa shape index (κ3) is 5.31. The van der Waals surface area contributed by atoms with Crippen LogP contribution in [0, 0.1) is 0 Å². The molecule has 0 aliphatic heterocycles. The number of nitrogen functional groups attached to an aromatic ring is 1. The van der Waals surface area contributed by atoms with Gasteiger partial charge in [0.1, 0.15) is 0 Å². The van der Waals surface area contributed by atoms with Crippen LogP contribution in [0.15, 0.2) is 42.5 Å². The van der Waals surface area contributed by atoms with E-state index >= 15 is 0 Å². The Balaban J connectivity index is 2.19. The molecular formula is C20H21ClN2O5. The number of hydrogen-bond acceptors (Lipinski definition) is 7. The van der Waals surface area contributed by atoms with Crippen LogP contribution in [-0.2, 0) is 20.8 Å². The van der Waals surface area contributed by atoms with Crippen molar-refractivity contribution in [2.75, 3.05) is 19.5 Å². The molecule has 7 nitrogen and oxygen atoms in total. The summed E-state index contributed by atoms with van der Waals surface area (Å²) in [4.78, 5) is 36.6. The highest BCUT2D eigenvalue weighted by molar-refractivity contribution is 6.30. The fourth-order valence-corrected chi connectivity index (χ4v) is 2.63. The summed E-state index contributed by atoms with van der Waals surface area (Å²) in [5.74, 6) is -1.64. The normalized spacial score (nSPS) is 11.5. The number of esters is 2. The van der Waals surface area contributed by atoms with Gasteiger partial charge in [-0.1, -0.05) is 17.7 Å². The molecule has 0 saturated carbocycles. The number of hydrogen-bond donors (Lipinski definition) is 2. The minimum absolute atomic E-state index is 0.121. The largest absolute Gasteiger partial charge is 0.465 e. The van der Waals surface area contributed by atoms with E-state index in [9.17, 15) is 14.4 Å². The summed E-state index contributed by atoms with van der Waals surface area (Å²) in [7, 11) is 1.28. The van der Waals surface area contributed by atoms with E-state index in [2.05, 4.69) is 10.1 Å². The summed E-state index contributed by atoms with van der Waals surface area (Å²) in [5, 5.41) is 3.37. The third-order valence-corrected chi connectivity index (χ3v) is 4.23. The molecule has 2 aromatic rings. The second kappa shape index (κ2) is 9.87. The summed E-state index contributed by atoms with van der Waals surface area (Å²) >= 11 is 5.85. The molecule has 0 saturated heterocycles. The first kappa shape index (κ1) is 21.4. The van der Waals surface area contributed by atoms with Crippen LogP contribution < -0.4 is 11.1 Å². The fraction of sp³-hybridized carbons (Fsp3) is 0.250. The molecule has 148 valence electrons. The number of methoxy groups -OCH3 is 1. The number of benzene rings is 2. The number of ether oxygens (including phenoxy) is 2. The molecule has 0 aliphatic rings. The Morgan fingerprint density at radius 3 is 2.32 bits per heavy atom. The van der Waals surface area contributed by atoms with E-state index in [1.54, 1.807) is 31.2 Å². The Kier molecular flexibility index (Phi) is 7.54. The molecule has 0 aromatic heterocycles. The van der Waals surface area contributed by atoms with E-state index in [0.717, 1.165) is 0 Å². The van der Waals surface area contributed by atoms with Gasteiger partial charge in [0.25, 0.3) is 0 Å². The maximum Gasteiger partial charge on any atom is 0.337 e. The predicted molar refractivity (Wildman–Crippen MR) is 105 cm³/mol. The van der Waals surface area contributed by atoms with Crippen LogP contribution in [0.2, 0.25) is 5.02 Å². The van der Waals surface area contributed by atoms with Gasteiger partial charge in [-0.3, -0.25) is 10.1 Å².